The number of methoxy groups -OCH3 is 1. The van der Waals surface area contributed by atoms with Gasteiger partial charge in [-0.3, -0.25) is 9.36 Å². The van der Waals surface area contributed by atoms with Crippen LogP contribution in [-0.2, 0) is 25.7 Å². The molecule has 0 saturated carbocycles. The SMILES string of the molecule is CCOC(=O)C1=C(C)N=c2s/c(=C\c3cc(Cl)c(OCc4cccc(C)c4)c(OCC)c3)c(=O)n2[C@H]1c1ccc(OCC(=O)OC)c(OCC)c1. The van der Waals surface area contributed by atoms with Crippen molar-refractivity contribution >= 4 is 41.0 Å². The maximum Gasteiger partial charge on any atom is 0.343 e. The van der Waals surface area contributed by atoms with E-state index in [9.17, 15) is 14.4 Å². The maximum atomic E-state index is 14.3. The van der Waals surface area contributed by atoms with Crippen LogP contribution in [0, 0.1) is 6.92 Å². The zero-order valence-electron chi connectivity index (χ0n) is 29.2. The van der Waals surface area contributed by atoms with E-state index in [1.807, 2.05) is 38.1 Å². The third kappa shape index (κ3) is 8.46. The van der Waals surface area contributed by atoms with Gasteiger partial charge in [0.05, 0.1) is 53.8 Å². The fourth-order valence-electron chi connectivity index (χ4n) is 5.57. The van der Waals surface area contributed by atoms with Gasteiger partial charge in [0.25, 0.3) is 5.56 Å². The van der Waals surface area contributed by atoms with Gasteiger partial charge in [0, 0.05) is 0 Å². The topological polar surface area (TPSA) is 124 Å². The Bertz CT molecular complexity index is 2150. The minimum absolute atomic E-state index is 0.130. The molecule has 4 aromatic rings. The quantitative estimate of drug-likeness (QED) is 0.150. The van der Waals surface area contributed by atoms with Crippen LogP contribution >= 0.6 is 22.9 Å². The van der Waals surface area contributed by atoms with Gasteiger partial charge in [0.2, 0.25) is 0 Å². The van der Waals surface area contributed by atoms with E-state index < -0.39 is 18.0 Å². The van der Waals surface area contributed by atoms with E-state index in [-0.39, 0.29) is 24.3 Å². The van der Waals surface area contributed by atoms with Crippen molar-refractivity contribution < 1.29 is 38.0 Å². The predicted molar refractivity (Wildman–Crippen MR) is 194 cm³/mol. The number of aryl methyl sites for hydroxylation is 1. The summed E-state index contributed by atoms with van der Waals surface area (Å²) in [5, 5.41) is 0.323. The van der Waals surface area contributed by atoms with Gasteiger partial charge < -0.3 is 28.4 Å². The Hall–Kier alpha value is -5.07. The lowest BCUT2D eigenvalue weighted by molar-refractivity contribution is -0.143. The highest BCUT2D eigenvalue weighted by molar-refractivity contribution is 7.07. The van der Waals surface area contributed by atoms with Gasteiger partial charge in [-0.2, -0.15) is 0 Å². The number of fused-ring (bicyclic) bond motifs is 1. The lowest BCUT2D eigenvalue weighted by Crippen LogP contribution is -2.40. The number of hydrogen-bond donors (Lipinski definition) is 0. The molecule has 3 aromatic carbocycles. The van der Waals surface area contributed by atoms with Crippen LogP contribution < -0.4 is 33.8 Å². The monoisotopic (exact) mass is 734 g/mol. The molecule has 0 fully saturated rings. The summed E-state index contributed by atoms with van der Waals surface area (Å²) in [6.07, 6.45) is 1.71. The first kappa shape index (κ1) is 37.2. The molecule has 268 valence electrons. The fourth-order valence-corrected chi connectivity index (χ4v) is 6.89. The molecular formula is C38H39ClN2O9S. The second-order valence-electron chi connectivity index (χ2n) is 11.3. The Labute approximate surface area is 304 Å². The summed E-state index contributed by atoms with van der Waals surface area (Å²) in [5.74, 6) is 0.296. The van der Waals surface area contributed by atoms with E-state index in [4.69, 9.17) is 40.0 Å². The molecule has 0 saturated heterocycles. The molecule has 0 unspecified atom stereocenters. The molecule has 0 N–H and O–H groups in total. The van der Waals surface area contributed by atoms with Crippen molar-refractivity contribution in [2.24, 2.45) is 4.99 Å². The Morgan fingerprint density at radius 3 is 2.39 bits per heavy atom. The van der Waals surface area contributed by atoms with E-state index >= 15 is 0 Å². The first-order valence-corrected chi connectivity index (χ1v) is 17.6. The van der Waals surface area contributed by atoms with E-state index in [2.05, 4.69) is 4.99 Å². The Balaban J connectivity index is 1.60. The number of carbonyl (C=O) groups is 2. The summed E-state index contributed by atoms with van der Waals surface area (Å²) in [6, 6.07) is 15.6. The third-order valence-electron chi connectivity index (χ3n) is 7.77. The molecule has 13 heteroatoms. The molecule has 0 amide bonds. The van der Waals surface area contributed by atoms with Crippen molar-refractivity contribution in [1.29, 1.82) is 0 Å². The number of esters is 2. The van der Waals surface area contributed by atoms with Gasteiger partial charge in [0.1, 0.15) is 6.61 Å². The van der Waals surface area contributed by atoms with E-state index in [1.165, 1.54) is 23.0 Å². The number of allylic oxidation sites excluding steroid dienone is 1. The summed E-state index contributed by atoms with van der Waals surface area (Å²) in [6.45, 7) is 9.86. The van der Waals surface area contributed by atoms with E-state index in [1.54, 1.807) is 57.2 Å². The number of ether oxygens (including phenoxy) is 6. The van der Waals surface area contributed by atoms with Crippen molar-refractivity contribution in [3.05, 3.63) is 113 Å². The highest BCUT2D eigenvalue weighted by atomic mass is 35.5. The fraction of sp³-hybridized carbons (Fsp3) is 0.316. The third-order valence-corrected chi connectivity index (χ3v) is 9.03. The van der Waals surface area contributed by atoms with Gasteiger partial charge >= 0.3 is 11.9 Å². The second-order valence-corrected chi connectivity index (χ2v) is 12.8. The summed E-state index contributed by atoms with van der Waals surface area (Å²) in [7, 11) is 1.27. The minimum Gasteiger partial charge on any atom is -0.490 e. The van der Waals surface area contributed by atoms with Crippen LogP contribution in [0.15, 0.2) is 75.7 Å². The number of hydrogen-bond acceptors (Lipinski definition) is 11. The number of aromatic nitrogens is 1. The summed E-state index contributed by atoms with van der Waals surface area (Å²) in [5.41, 5.74) is 3.50. The zero-order chi connectivity index (χ0) is 36.7. The van der Waals surface area contributed by atoms with Crippen molar-refractivity contribution in [2.45, 2.75) is 47.3 Å². The standard InChI is InChI=1S/C38H39ClN2O9S/c1-7-46-29-19-26(13-14-28(29)49-21-32(42)45-6)34-33(37(44)48-9-3)23(5)40-38-41(34)36(43)31(51-38)18-25-16-27(39)35(30(17-25)47-8-2)50-20-24-12-10-11-22(4)15-24/h10-19,34H,7-9,20-21H2,1-6H3/b31-18-/t34-/m0/s1. The summed E-state index contributed by atoms with van der Waals surface area (Å²) < 4.78 is 35.5. The van der Waals surface area contributed by atoms with Gasteiger partial charge in [-0.05, 0) is 81.7 Å². The smallest absolute Gasteiger partial charge is 0.343 e. The number of benzene rings is 3. The van der Waals surface area contributed by atoms with Crippen LogP contribution in [0.1, 0.15) is 56.0 Å². The van der Waals surface area contributed by atoms with Crippen molar-refractivity contribution in [3.63, 3.8) is 0 Å². The van der Waals surface area contributed by atoms with Crippen LogP contribution in [0.3, 0.4) is 0 Å². The molecule has 2 heterocycles. The maximum absolute atomic E-state index is 14.3. The molecule has 51 heavy (non-hydrogen) atoms. The van der Waals surface area contributed by atoms with Crippen LogP contribution in [0.2, 0.25) is 5.02 Å². The zero-order valence-corrected chi connectivity index (χ0v) is 30.8. The summed E-state index contributed by atoms with van der Waals surface area (Å²) in [4.78, 5) is 44.5. The van der Waals surface area contributed by atoms with Crippen molar-refractivity contribution in [2.75, 3.05) is 33.5 Å². The Morgan fingerprint density at radius 2 is 1.69 bits per heavy atom. The molecule has 5 rings (SSSR count). The largest absolute Gasteiger partial charge is 0.490 e. The van der Waals surface area contributed by atoms with Gasteiger partial charge in [-0.1, -0.05) is 58.8 Å². The highest BCUT2D eigenvalue weighted by Crippen LogP contribution is 2.38. The molecule has 0 bridgehead atoms. The predicted octanol–water partition coefficient (Wildman–Crippen LogP) is 5.69. The lowest BCUT2D eigenvalue weighted by Gasteiger charge is -2.25. The summed E-state index contributed by atoms with van der Waals surface area (Å²) >= 11 is 7.93. The second kappa shape index (κ2) is 16.8. The van der Waals surface area contributed by atoms with E-state index in [0.717, 1.165) is 11.1 Å². The van der Waals surface area contributed by atoms with Crippen molar-refractivity contribution in [1.82, 2.24) is 4.57 Å². The van der Waals surface area contributed by atoms with Crippen LogP contribution in [0.25, 0.3) is 6.08 Å². The number of nitrogens with zero attached hydrogens (tertiary/aromatic N) is 2. The molecular weight excluding hydrogens is 696 g/mol. The Kier molecular flexibility index (Phi) is 12.2. The van der Waals surface area contributed by atoms with Gasteiger partial charge in [0.15, 0.2) is 34.4 Å². The first-order chi connectivity index (χ1) is 24.6. The van der Waals surface area contributed by atoms with Crippen LogP contribution in [-0.4, -0.2) is 50.0 Å². The van der Waals surface area contributed by atoms with Crippen molar-refractivity contribution in [3.8, 4) is 23.0 Å². The molecule has 0 radical (unpaired) electrons. The van der Waals surface area contributed by atoms with Gasteiger partial charge in [-0.15, -0.1) is 0 Å². The number of carbonyl (C=O) groups excluding carboxylic acids is 2. The number of halogens is 1. The molecule has 1 aromatic heterocycles. The van der Waals surface area contributed by atoms with Gasteiger partial charge in [-0.25, -0.2) is 14.6 Å². The number of rotatable bonds is 14. The molecule has 11 nitrogen and oxygen atoms in total. The average Bonchev–Trinajstić information content (AvgIpc) is 3.40. The first-order valence-electron chi connectivity index (χ1n) is 16.4. The molecule has 0 aliphatic carbocycles. The molecule has 0 spiro atoms. The molecule has 1 aliphatic rings. The average molecular weight is 735 g/mol. The number of thiazole rings is 1. The van der Waals surface area contributed by atoms with E-state index in [0.29, 0.717) is 74.0 Å². The lowest BCUT2D eigenvalue weighted by atomic mass is 9.95. The minimum atomic E-state index is -0.906. The Morgan fingerprint density at radius 1 is 0.922 bits per heavy atom. The van der Waals surface area contributed by atoms with Crippen LogP contribution in [0.5, 0.6) is 23.0 Å². The highest BCUT2D eigenvalue weighted by Gasteiger charge is 2.34. The molecule has 1 aliphatic heterocycles. The van der Waals surface area contributed by atoms with Crippen LogP contribution in [0.4, 0.5) is 0 Å². The molecule has 1 atom stereocenters. The normalized spacial score (nSPS) is 14.0.